The number of rotatable bonds is 5. The predicted molar refractivity (Wildman–Crippen MR) is 67.8 cm³/mol. The lowest BCUT2D eigenvalue weighted by Gasteiger charge is -2.31. The SMILES string of the molecule is CCCNC(c1ccnn1C)C1CCCOC1. The number of nitrogens with one attached hydrogen (secondary N) is 1. The second kappa shape index (κ2) is 6.17. The summed E-state index contributed by atoms with van der Waals surface area (Å²) in [6, 6.07) is 2.49. The summed E-state index contributed by atoms with van der Waals surface area (Å²) < 4.78 is 7.59. The lowest BCUT2D eigenvalue weighted by molar-refractivity contribution is 0.0378. The van der Waals surface area contributed by atoms with Gasteiger partial charge in [0.1, 0.15) is 0 Å². The summed E-state index contributed by atoms with van der Waals surface area (Å²) in [6.45, 7) is 5.03. The largest absolute Gasteiger partial charge is 0.381 e. The average molecular weight is 237 g/mol. The Bertz CT molecular complexity index is 331. The first kappa shape index (κ1) is 12.6. The van der Waals surface area contributed by atoms with Gasteiger partial charge in [0.15, 0.2) is 0 Å². The highest BCUT2D eigenvalue weighted by Gasteiger charge is 2.26. The van der Waals surface area contributed by atoms with Crippen LogP contribution in [0.1, 0.15) is 37.9 Å². The van der Waals surface area contributed by atoms with Crippen LogP contribution < -0.4 is 5.32 Å². The summed E-state index contributed by atoms with van der Waals surface area (Å²) in [6.07, 6.45) is 5.45. The minimum absolute atomic E-state index is 0.378. The zero-order valence-corrected chi connectivity index (χ0v) is 10.9. The normalized spacial score (nSPS) is 22.6. The van der Waals surface area contributed by atoms with Gasteiger partial charge < -0.3 is 10.1 Å². The predicted octanol–water partition coefficient (Wildman–Crippen LogP) is 1.89. The van der Waals surface area contributed by atoms with Crippen LogP contribution in [-0.2, 0) is 11.8 Å². The molecule has 1 aromatic heterocycles. The molecule has 2 unspecified atom stereocenters. The Labute approximate surface area is 103 Å². The van der Waals surface area contributed by atoms with Crippen molar-refractivity contribution >= 4 is 0 Å². The van der Waals surface area contributed by atoms with E-state index in [0.717, 1.165) is 26.2 Å². The smallest absolute Gasteiger partial charge is 0.0554 e. The highest BCUT2D eigenvalue weighted by Crippen LogP contribution is 2.28. The Balaban J connectivity index is 2.09. The van der Waals surface area contributed by atoms with E-state index >= 15 is 0 Å². The van der Waals surface area contributed by atoms with Crippen LogP contribution in [0.2, 0.25) is 0 Å². The van der Waals surface area contributed by atoms with Gasteiger partial charge in [-0.05, 0) is 31.9 Å². The second-order valence-corrected chi connectivity index (χ2v) is 4.79. The van der Waals surface area contributed by atoms with Crippen molar-refractivity contribution in [1.82, 2.24) is 15.1 Å². The molecule has 1 fully saturated rings. The summed E-state index contributed by atoms with van der Waals surface area (Å²) in [4.78, 5) is 0. The van der Waals surface area contributed by atoms with E-state index in [4.69, 9.17) is 4.74 Å². The van der Waals surface area contributed by atoms with E-state index in [-0.39, 0.29) is 0 Å². The van der Waals surface area contributed by atoms with E-state index in [0.29, 0.717) is 12.0 Å². The molecule has 1 aromatic rings. The number of nitrogens with zero attached hydrogens (tertiary/aromatic N) is 2. The third-order valence-corrected chi connectivity index (χ3v) is 3.46. The van der Waals surface area contributed by atoms with Crippen LogP contribution in [0.15, 0.2) is 12.3 Å². The third kappa shape index (κ3) is 3.07. The van der Waals surface area contributed by atoms with Gasteiger partial charge in [0.2, 0.25) is 0 Å². The van der Waals surface area contributed by atoms with Crippen molar-refractivity contribution in [2.45, 2.75) is 32.2 Å². The van der Waals surface area contributed by atoms with Gasteiger partial charge >= 0.3 is 0 Å². The highest BCUT2D eigenvalue weighted by molar-refractivity contribution is 5.08. The summed E-state index contributed by atoms with van der Waals surface area (Å²) >= 11 is 0. The fourth-order valence-electron chi connectivity index (χ4n) is 2.53. The van der Waals surface area contributed by atoms with Gasteiger partial charge in [-0.3, -0.25) is 4.68 Å². The lowest BCUT2D eigenvalue weighted by atomic mass is 9.91. The van der Waals surface area contributed by atoms with Gasteiger partial charge in [-0.15, -0.1) is 0 Å². The maximum absolute atomic E-state index is 5.61. The summed E-state index contributed by atoms with van der Waals surface area (Å²) in [7, 11) is 2.01. The van der Waals surface area contributed by atoms with Gasteiger partial charge in [-0.2, -0.15) is 5.10 Å². The first-order chi connectivity index (χ1) is 8.33. The Kier molecular flexibility index (Phi) is 4.57. The van der Waals surface area contributed by atoms with Crippen molar-refractivity contribution in [1.29, 1.82) is 0 Å². The van der Waals surface area contributed by atoms with Gasteiger partial charge in [0, 0.05) is 25.8 Å². The zero-order chi connectivity index (χ0) is 12.1. The van der Waals surface area contributed by atoms with Crippen molar-refractivity contribution < 1.29 is 4.74 Å². The maximum Gasteiger partial charge on any atom is 0.0554 e. The van der Waals surface area contributed by atoms with Crippen molar-refractivity contribution in [3.8, 4) is 0 Å². The van der Waals surface area contributed by atoms with E-state index in [9.17, 15) is 0 Å². The van der Waals surface area contributed by atoms with Crippen molar-refractivity contribution in [3.05, 3.63) is 18.0 Å². The fourth-order valence-corrected chi connectivity index (χ4v) is 2.53. The molecule has 1 N–H and O–H groups in total. The monoisotopic (exact) mass is 237 g/mol. The first-order valence-corrected chi connectivity index (χ1v) is 6.62. The topological polar surface area (TPSA) is 39.1 Å². The van der Waals surface area contributed by atoms with Crippen LogP contribution in [0, 0.1) is 5.92 Å². The number of hydrogen-bond acceptors (Lipinski definition) is 3. The molecule has 4 heteroatoms. The minimum Gasteiger partial charge on any atom is -0.381 e. The standard InChI is InChI=1S/C13H23N3O/c1-3-7-14-13(11-5-4-9-17-10-11)12-6-8-15-16(12)2/h6,8,11,13-14H,3-5,7,9-10H2,1-2H3. The first-order valence-electron chi connectivity index (χ1n) is 6.62. The molecular weight excluding hydrogens is 214 g/mol. The number of aromatic nitrogens is 2. The molecule has 1 aliphatic rings. The van der Waals surface area contributed by atoms with Gasteiger partial charge in [0.25, 0.3) is 0 Å². The molecular formula is C13H23N3O. The van der Waals surface area contributed by atoms with Gasteiger partial charge in [0.05, 0.1) is 18.3 Å². The van der Waals surface area contributed by atoms with E-state index in [2.05, 4.69) is 23.4 Å². The highest BCUT2D eigenvalue weighted by atomic mass is 16.5. The summed E-state index contributed by atoms with van der Waals surface area (Å²) in [5.41, 5.74) is 1.27. The molecule has 2 heterocycles. The van der Waals surface area contributed by atoms with Crippen molar-refractivity contribution in [2.24, 2.45) is 13.0 Å². The van der Waals surface area contributed by atoms with E-state index in [1.165, 1.54) is 18.5 Å². The summed E-state index contributed by atoms with van der Waals surface area (Å²) in [5, 5.41) is 7.92. The summed E-state index contributed by atoms with van der Waals surface area (Å²) in [5.74, 6) is 0.575. The van der Waals surface area contributed by atoms with Crippen LogP contribution in [0.3, 0.4) is 0 Å². The average Bonchev–Trinajstić information content (AvgIpc) is 2.78. The molecule has 17 heavy (non-hydrogen) atoms. The van der Waals surface area contributed by atoms with Crippen LogP contribution >= 0.6 is 0 Å². The molecule has 4 nitrogen and oxygen atoms in total. The molecule has 1 aliphatic heterocycles. The molecule has 2 rings (SSSR count). The number of hydrogen-bond donors (Lipinski definition) is 1. The van der Waals surface area contributed by atoms with E-state index in [1.807, 2.05) is 17.9 Å². The van der Waals surface area contributed by atoms with Gasteiger partial charge in [-0.25, -0.2) is 0 Å². The molecule has 0 saturated carbocycles. The molecule has 0 aliphatic carbocycles. The van der Waals surface area contributed by atoms with Gasteiger partial charge in [-0.1, -0.05) is 6.92 Å². The molecule has 0 spiro atoms. The van der Waals surface area contributed by atoms with E-state index < -0.39 is 0 Å². The van der Waals surface area contributed by atoms with Crippen molar-refractivity contribution in [3.63, 3.8) is 0 Å². The molecule has 0 amide bonds. The quantitative estimate of drug-likeness (QED) is 0.850. The van der Waals surface area contributed by atoms with Crippen LogP contribution in [0.25, 0.3) is 0 Å². The molecule has 96 valence electrons. The Morgan fingerprint density at radius 1 is 1.65 bits per heavy atom. The third-order valence-electron chi connectivity index (χ3n) is 3.46. The maximum atomic E-state index is 5.61. The zero-order valence-electron chi connectivity index (χ0n) is 10.9. The molecule has 0 radical (unpaired) electrons. The molecule has 1 saturated heterocycles. The van der Waals surface area contributed by atoms with Crippen molar-refractivity contribution in [2.75, 3.05) is 19.8 Å². The fraction of sp³-hybridized carbons (Fsp3) is 0.769. The lowest BCUT2D eigenvalue weighted by Crippen LogP contribution is -2.35. The van der Waals surface area contributed by atoms with Crippen LogP contribution in [-0.4, -0.2) is 29.5 Å². The minimum atomic E-state index is 0.378. The molecule has 2 atom stereocenters. The number of ether oxygens (including phenoxy) is 1. The Morgan fingerprint density at radius 3 is 3.12 bits per heavy atom. The molecule has 0 bridgehead atoms. The van der Waals surface area contributed by atoms with Crippen LogP contribution in [0.4, 0.5) is 0 Å². The number of aryl methyl sites for hydroxylation is 1. The Hall–Kier alpha value is -0.870. The van der Waals surface area contributed by atoms with E-state index in [1.54, 1.807) is 0 Å². The second-order valence-electron chi connectivity index (χ2n) is 4.79. The molecule has 0 aromatic carbocycles. The Morgan fingerprint density at radius 2 is 2.53 bits per heavy atom. The van der Waals surface area contributed by atoms with Crippen LogP contribution in [0.5, 0.6) is 0 Å².